The Hall–Kier alpha value is 0.260. The van der Waals surface area contributed by atoms with Gasteiger partial charge in [0.15, 0.2) is 24.4 Å². The van der Waals surface area contributed by atoms with Gasteiger partial charge in [0, 0.05) is 50.6 Å². The Balaban J connectivity index is -0.000000411. The smallest absolute Gasteiger partial charge is 0.384 e. The zero-order chi connectivity index (χ0) is 21.7. The van der Waals surface area contributed by atoms with Crippen LogP contribution in [0.2, 0.25) is 0 Å². The Kier molecular flexibility index (Phi) is 13.5. The molecule has 2 radical (unpaired) electrons. The summed E-state index contributed by atoms with van der Waals surface area (Å²) >= 11 is 0. The topological polar surface area (TPSA) is 80.9 Å². The molecule has 0 rings (SSSR count). The molecule has 0 saturated carbocycles. The first-order valence-electron chi connectivity index (χ1n) is 6.09. The quantitative estimate of drug-likeness (QED) is 0.380. The fourth-order valence-electron chi connectivity index (χ4n) is 0.957. The number of alkyl halides is 12. The average molecular weight is 464 g/mol. The van der Waals surface area contributed by atoms with Crippen LogP contribution in [0.4, 0.5) is 52.7 Å². The summed E-state index contributed by atoms with van der Waals surface area (Å²) in [7, 11) is 0. The second-order valence-electron chi connectivity index (χ2n) is 4.70. The zero-order valence-electron chi connectivity index (χ0n) is 12.8. The van der Waals surface area contributed by atoms with Gasteiger partial charge in [-0.25, -0.2) is 0 Å². The van der Waals surface area contributed by atoms with E-state index in [1.807, 2.05) is 0 Å². The number of aliphatic hydroxyl groups is 4. The molecule has 0 amide bonds. The molecule has 0 saturated heterocycles. The largest absolute Gasteiger partial charge is 0.414 e. The standard InChI is InChI=1S/2C5H6F6O2.Ca/c2*6-4(7,8)2(12)1-3(13)5(9,10)11;/h2*2-3,12-13H,1H2;. The van der Waals surface area contributed by atoms with Crippen LogP contribution in [0.3, 0.4) is 0 Å². The van der Waals surface area contributed by atoms with Gasteiger partial charge >= 0.3 is 24.7 Å². The maximum absolute atomic E-state index is 11.5. The molecule has 4 nitrogen and oxygen atoms in total. The molecule has 0 spiro atoms. The van der Waals surface area contributed by atoms with E-state index in [0.29, 0.717) is 0 Å². The first-order chi connectivity index (χ1) is 11.1. The van der Waals surface area contributed by atoms with Crippen molar-refractivity contribution < 1.29 is 73.1 Å². The van der Waals surface area contributed by atoms with Crippen LogP contribution in [0.5, 0.6) is 0 Å². The third kappa shape index (κ3) is 14.9. The second-order valence-corrected chi connectivity index (χ2v) is 4.70. The van der Waals surface area contributed by atoms with Gasteiger partial charge < -0.3 is 20.4 Å². The van der Waals surface area contributed by atoms with Gasteiger partial charge in [-0.1, -0.05) is 0 Å². The van der Waals surface area contributed by atoms with Crippen molar-refractivity contribution in [3.63, 3.8) is 0 Å². The van der Waals surface area contributed by atoms with E-state index in [-0.39, 0.29) is 37.7 Å². The molecule has 0 aliphatic rings. The van der Waals surface area contributed by atoms with Crippen molar-refractivity contribution in [2.45, 2.75) is 62.0 Å². The third-order valence-electron chi connectivity index (χ3n) is 2.40. The molecule has 4 atom stereocenters. The van der Waals surface area contributed by atoms with E-state index in [1.54, 1.807) is 0 Å². The Labute approximate surface area is 172 Å². The Morgan fingerprint density at radius 3 is 0.593 bits per heavy atom. The van der Waals surface area contributed by atoms with Gasteiger partial charge in [0.05, 0.1) is 0 Å². The minimum Gasteiger partial charge on any atom is -0.384 e. The first-order valence-corrected chi connectivity index (χ1v) is 6.09. The summed E-state index contributed by atoms with van der Waals surface area (Å²) in [4.78, 5) is 0. The summed E-state index contributed by atoms with van der Waals surface area (Å²) in [6, 6.07) is 0. The van der Waals surface area contributed by atoms with Crippen molar-refractivity contribution in [1.82, 2.24) is 0 Å². The van der Waals surface area contributed by atoms with Crippen LogP contribution in [-0.2, 0) is 0 Å². The molecule has 0 aliphatic heterocycles. The molecule has 4 unspecified atom stereocenters. The van der Waals surface area contributed by atoms with Crippen LogP contribution in [0, 0.1) is 0 Å². The number of hydrogen-bond donors (Lipinski definition) is 4. The van der Waals surface area contributed by atoms with Gasteiger partial charge in [0.1, 0.15) is 0 Å². The molecule has 0 fully saturated rings. The van der Waals surface area contributed by atoms with E-state index in [1.165, 1.54) is 0 Å². The minimum atomic E-state index is -5.15. The van der Waals surface area contributed by atoms with Crippen LogP contribution in [0.1, 0.15) is 12.8 Å². The van der Waals surface area contributed by atoms with Crippen LogP contribution in [0.15, 0.2) is 0 Å². The predicted molar refractivity (Wildman–Crippen MR) is 63.2 cm³/mol. The number of hydrogen-bond acceptors (Lipinski definition) is 4. The van der Waals surface area contributed by atoms with Gasteiger partial charge in [-0.3, -0.25) is 0 Å². The van der Waals surface area contributed by atoms with Crippen LogP contribution in [-0.4, -0.2) is 107 Å². The van der Waals surface area contributed by atoms with Crippen LogP contribution in [0.25, 0.3) is 0 Å². The number of rotatable bonds is 4. The molecular formula is C10H12CaF12O4. The van der Waals surface area contributed by atoms with Gasteiger partial charge in [-0.15, -0.1) is 0 Å². The molecular weight excluding hydrogens is 452 g/mol. The maximum atomic E-state index is 11.5. The summed E-state index contributed by atoms with van der Waals surface area (Å²) in [6.07, 6.45) is -36.8. The molecule has 27 heavy (non-hydrogen) atoms. The van der Waals surface area contributed by atoms with E-state index in [0.717, 1.165) is 0 Å². The van der Waals surface area contributed by atoms with E-state index < -0.39 is 62.0 Å². The molecule has 0 aromatic heterocycles. The van der Waals surface area contributed by atoms with Crippen LogP contribution < -0.4 is 0 Å². The SMILES string of the molecule is OC(CC(O)C(F)(F)F)C(F)(F)F.OC(CC(O)C(F)(F)F)C(F)(F)F.[Ca]. The molecule has 0 aliphatic carbocycles. The van der Waals surface area contributed by atoms with Gasteiger partial charge in [0.2, 0.25) is 0 Å². The van der Waals surface area contributed by atoms with Gasteiger partial charge in [0.25, 0.3) is 0 Å². The van der Waals surface area contributed by atoms with E-state index >= 15 is 0 Å². The summed E-state index contributed by atoms with van der Waals surface area (Å²) in [5.41, 5.74) is 0. The molecule has 162 valence electrons. The second kappa shape index (κ2) is 11.4. The fourth-order valence-corrected chi connectivity index (χ4v) is 0.957. The maximum Gasteiger partial charge on any atom is 0.414 e. The zero-order valence-corrected chi connectivity index (χ0v) is 15.0. The van der Waals surface area contributed by atoms with Crippen molar-refractivity contribution in [2.75, 3.05) is 0 Å². The van der Waals surface area contributed by atoms with E-state index in [2.05, 4.69) is 0 Å². The van der Waals surface area contributed by atoms with E-state index in [4.69, 9.17) is 20.4 Å². The molecule has 4 N–H and O–H groups in total. The van der Waals surface area contributed by atoms with E-state index in [9.17, 15) is 52.7 Å². The van der Waals surface area contributed by atoms with Gasteiger partial charge in [-0.2, -0.15) is 52.7 Å². The first kappa shape index (κ1) is 31.9. The average Bonchev–Trinajstić information content (AvgIpc) is 2.34. The summed E-state index contributed by atoms with van der Waals surface area (Å²) in [5.74, 6) is 0. The number of halogens is 12. The predicted octanol–water partition coefficient (Wildman–Crippen LogP) is 2.06. The molecule has 0 heterocycles. The van der Waals surface area contributed by atoms with Crippen molar-refractivity contribution in [1.29, 1.82) is 0 Å². The molecule has 0 aromatic rings. The molecule has 0 bridgehead atoms. The van der Waals surface area contributed by atoms with Crippen LogP contribution >= 0.6 is 0 Å². The van der Waals surface area contributed by atoms with Gasteiger partial charge in [-0.05, 0) is 0 Å². The molecule has 0 aromatic carbocycles. The fraction of sp³-hybridized carbons (Fsp3) is 1.00. The normalized spacial score (nSPS) is 17.8. The monoisotopic (exact) mass is 464 g/mol. The van der Waals surface area contributed by atoms with Crippen molar-refractivity contribution in [3.8, 4) is 0 Å². The Bertz CT molecular complexity index is 331. The van der Waals surface area contributed by atoms with Crippen molar-refractivity contribution in [2.24, 2.45) is 0 Å². The Morgan fingerprint density at radius 2 is 0.519 bits per heavy atom. The summed E-state index contributed by atoms with van der Waals surface area (Å²) < 4.78 is 138. The molecule has 17 heteroatoms. The third-order valence-corrected chi connectivity index (χ3v) is 2.40. The van der Waals surface area contributed by atoms with Crippen molar-refractivity contribution in [3.05, 3.63) is 0 Å². The summed E-state index contributed by atoms with van der Waals surface area (Å²) in [5, 5.41) is 32.5. The Morgan fingerprint density at radius 1 is 0.407 bits per heavy atom. The minimum absolute atomic E-state index is 0. The summed E-state index contributed by atoms with van der Waals surface area (Å²) in [6.45, 7) is 0. The number of aliphatic hydroxyl groups excluding tert-OH is 4. The van der Waals surface area contributed by atoms with Crippen molar-refractivity contribution >= 4 is 37.7 Å².